The van der Waals surface area contributed by atoms with E-state index in [4.69, 9.17) is 16.3 Å². The molecule has 0 spiro atoms. The van der Waals surface area contributed by atoms with E-state index in [1.807, 2.05) is 0 Å². The maximum absolute atomic E-state index is 12.3. The van der Waals surface area contributed by atoms with Crippen molar-refractivity contribution in [1.29, 1.82) is 0 Å². The number of carbonyl (C=O) groups excluding carboxylic acids is 2. The molecule has 1 aliphatic rings. The van der Waals surface area contributed by atoms with E-state index in [9.17, 15) is 9.59 Å². The Morgan fingerprint density at radius 2 is 2.10 bits per heavy atom. The number of thiophene rings is 1. The van der Waals surface area contributed by atoms with Gasteiger partial charge in [-0.1, -0.05) is 23.7 Å². The van der Waals surface area contributed by atoms with E-state index in [-0.39, 0.29) is 18.3 Å². The van der Waals surface area contributed by atoms with Gasteiger partial charge in [0.2, 0.25) is 0 Å². The highest BCUT2D eigenvalue weighted by molar-refractivity contribution is 7.18. The highest BCUT2D eigenvalue weighted by atomic mass is 35.5. The number of halogens is 1. The Morgan fingerprint density at radius 3 is 2.85 bits per heavy atom. The SMILES string of the molecule is O=C(N[C@H]1COc2ccccc2C1=O)c1ccc(Cl)s1. The molecule has 0 saturated carbocycles. The molecule has 1 aliphatic heterocycles. The number of carbonyl (C=O) groups is 2. The van der Waals surface area contributed by atoms with Crippen molar-refractivity contribution in [3.8, 4) is 5.75 Å². The summed E-state index contributed by atoms with van der Waals surface area (Å²) in [6, 6.07) is 9.61. The highest BCUT2D eigenvalue weighted by Crippen LogP contribution is 2.25. The van der Waals surface area contributed by atoms with Crippen LogP contribution in [0.5, 0.6) is 5.75 Å². The third kappa shape index (κ3) is 2.42. The van der Waals surface area contributed by atoms with Crippen molar-refractivity contribution in [1.82, 2.24) is 5.32 Å². The summed E-state index contributed by atoms with van der Waals surface area (Å²) in [5.41, 5.74) is 0.494. The number of hydrogen-bond acceptors (Lipinski definition) is 4. The van der Waals surface area contributed by atoms with E-state index in [0.29, 0.717) is 20.5 Å². The summed E-state index contributed by atoms with van der Waals surface area (Å²) in [4.78, 5) is 24.8. The van der Waals surface area contributed by atoms with Gasteiger partial charge in [0, 0.05) is 0 Å². The summed E-state index contributed by atoms with van der Waals surface area (Å²) in [5.74, 6) is 0.105. The van der Waals surface area contributed by atoms with E-state index in [2.05, 4.69) is 5.32 Å². The summed E-state index contributed by atoms with van der Waals surface area (Å²) in [6.45, 7) is 0.140. The first-order valence-electron chi connectivity index (χ1n) is 5.97. The zero-order valence-electron chi connectivity index (χ0n) is 10.3. The molecule has 6 heteroatoms. The predicted octanol–water partition coefficient (Wildman–Crippen LogP) is 2.78. The average molecular weight is 308 g/mol. The lowest BCUT2D eigenvalue weighted by Gasteiger charge is -2.24. The van der Waals surface area contributed by atoms with Crippen LogP contribution in [0, 0.1) is 0 Å². The lowest BCUT2D eigenvalue weighted by Crippen LogP contribution is -2.47. The van der Waals surface area contributed by atoms with Crippen molar-refractivity contribution in [2.45, 2.75) is 6.04 Å². The zero-order valence-corrected chi connectivity index (χ0v) is 11.8. The van der Waals surface area contributed by atoms with Crippen molar-refractivity contribution in [2.75, 3.05) is 6.61 Å². The molecule has 1 N–H and O–H groups in total. The largest absolute Gasteiger partial charge is 0.490 e. The maximum Gasteiger partial charge on any atom is 0.262 e. The lowest BCUT2D eigenvalue weighted by atomic mass is 10.0. The molecular weight excluding hydrogens is 298 g/mol. The standard InChI is InChI=1S/C14H10ClNO3S/c15-12-6-5-11(20-12)14(18)16-9-7-19-10-4-2-1-3-8(10)13(9)17/h1-6,9H,7H2,(H,16,18)/t9-/m0/s1. The van der Waals surface area contributed by atoms with Gasteiger partial charge in [-0.2, -0.15) is 0 Å². The molecule has 0 fully saturated rings. The molecule has 102 valence electrons. The Labute approximate surface area is 124 Å². The second-order valence-corrected chi connectivity index (χ2v) is 6.02. The molecular formula is C14H10ClNO3S. The van der Waals surface area contributed by atoms with Gasteiger partial charge in [0.15, 0.2) is 5.78 Å². The smallest absolute Gasteiger partial charge is 0.262 e. The Morgan fingerprint density at radius 1 is 1.30 bits per heavy atom. The molecule has 0 unspecified atom stereocenters. The topological polar surface area (TPSA) is 55.4 Å². The van der Waals surface area contributed by atoms with Gasteiger partial charge >= 0.3 is 0 Å². The summed E-state index contributed by atoms with van der Waals surface area (Å²) in [5, 5.41) is 2.68. The molecule has 20 heavy (non-hydrogen) atoms. The summed E-state index contributed by atoms with van der Waals surface area (Å²) in [7, 11) is 0. The fraction of sp³-hybridized carbons (Fsp3) is 0.143. The van der Waals surface area contributed by atoms with Gasteiger partial charge in [-0.3, -0.25) is 9.59 Å². The molecule has 1 amide bonds. The predicted molar refractivity (Wildman–Crippen MR) is 76.9 cm³/mol. The van der Waals surface area contributed by atoms with Crippen molar-refractivity contribution >= 4 is 34.6 Å². The van der Waals surface area contributed by atoms with Crippen LogP contribution in [0.15, 0.2) is 36.4 Å². The molecule has 1 atom stereocenters. The quantitative estimate of drug-likeness (QED) is 0.928. The fourth-order valence-corrected chi connectivity index (χ4v) is 2.95. The van der Waals surface area contributed by atoms with E-state index >= 15 is 0 Å². The Hall–Kier alpha value is -1.85. The number of nitrogens with one attached hydrogen (secondary N) is 1. The van der Waals surface area contributed by atoms with E-state index in [1.165, 1.54) is 11.3 Å². The van der Waals surface area contributed by atoms with Gasteiger partial charge in [0.05, 0.1) is 14.8 Å². The number of ether oxygens (including phenoxy) is 1. The average Bonchev–Trinajstić information content (AvgIpc) is 2.89. The normalized spacial score (nSPS) is 17.2. The minimum Gasteiger partial charge on any atom is -0.490 e. The number of ketones is 1. The van der Waals surface area contributed by atoms with Crippen molar-refractivity contribution in [3.63, 3.8) is 0 Å². The molecule has 3 rings (SSSR count). The van der Waals surface area contributed by atoms with Gasteiger partial charge < -0.3 is 10.1 Å². The summed E-state index contributed by atoms with van der Waals surface area (Å²) in [6.07, 6.45) is 0. The van der Waals surface area contributed by atoms with Crippen LogP contribution in [0.25, 0.3) is 0 Å². The molecule has 0 bridgehead atoms. The van der Waals surface area contributed by atoms with Crippen molar-refractivity contribution in [2.24, 2.45) is 0 Å². The molecule has 2 aromatic rings. The van der Waals surface area contributed by atoms with E-state index in [1.54, 1.807) is 36.4 Å². The van der Waals surface area contributed by atoms with Gasteiger partial charge in [-0.25, -0.2) is 0 Å². The molecule has 1 aromatic heterocycles. The zero-order chi connectivity index (χ0) is 14.1. The molecule has 4 nitrogen and oxygen atoms in total. The summed E-state index contributed by atoms with van der Waals surface area (Å²) < 4.78 is 6.02. The number of hydrogen-bond donors (Lipinski definition) is 1. The number of rotatable bonds is 2. The minimum absolute atomic E-state index is 0.136. The van der Waals surface area contributed by atoms with Gasteiger partial charge in [0.1, 0.15) is 18.4 Å². The van der Waals surface area contributed by atoms with Crippen LogP contribution in [0.1, 0.15) is 20.0 Å². The first-order valence-corrected chi connectivity index (χ1v) is 7.17. The van der Waals surface area contributed by atoms with Crippen LogP contribution in [-0.4, -0.2) is 24.3 Å². The Balaban J connectivity index is 1.77. The first-order chi connectivity index (χ1) is 9.65. The number of fused-ring (bicyclic) bond motifs is 1. The van der Waals surface area contributed by atoms with Crippen LogP contribution >= 0.6 is 22.9 Å². The van der Waals surface area contributed by atoms with Crippen LogP contribution in [0.3, 0.4) is 0 Å². The molecule has 1 aromatic carbocycles. The van der Waals surface area contributed by atoms with Crippen LogP contribution < -0.4 is 10.1 Å². The van der Waals surface area contributed by atoms with Gasteiger partial charge in [-0.15, -0.1) is 11.3 Å². The van der Waals surface area contributed by atoms with E-state index in [0.717, 1.165) is 0 Å². The molecule has 0 aliphatic carbocycles. The number of benzene rings is 1. The first kappa shape index (κ1) is 13.1. The van der Waals surface area contributed by atoms with E-state index < -0.39 is 6.04 Å². The number of para-hydroxylation sites is 1. The molecule has 0 saturated heterocycles. The monoisotopic (exact) mass is 307 g/mol. The lowest BCUT2D eigenvalue weighted by molar-refractivity contribution is 0.0797. The third-order valence-corrected chi connectivity index (χ3v) is 4.21. The second kappa shape index (κ2) is 5.26. The molecule has 0 radical (unpaired) electrons. The van der Waals surface area contributed by atoms with Gasteiger partial charge in [0.25, 0.3) is 5.91 Å². The summed E-state index contributed by atoms with van der Waals surface area (Å²) >= 11 is 6.96. The van der Waals surface area contributed by atoms with Crippen molar-refractivity contribution in [3.05, 3.63) is 51.2 Å². The third-order valence-electron chi connectivity index (χ3n) is 2.98. The number of Topliss-reactive ketones (excluding diaryl/α,β-unsaturated/α-hetero) is 1. The Bertz CT molecular complexity index is 683. The maximum atomic E-state index is 12.3. The molecule has 2 heterocycles. The highest BCUT2D eigenvalue weighted by Gasteiger charge is 2.30. The van der Waals surface area contributed by atoms with Crippen LogP contribution in [0.4, 0.5) is 0 Å². The second-order valence-electron chi connectivity index (χ2n) is 4.30. The van der Waals surface area contributed by atoms with Crippen molar-refractivity contribution < 1.29 is 14.3 Å². The minimum atomic E-state index is -0.668. The Kier molecular flexibility index (Phi) is 3.46. The van der Waals surface area contributed by atoms with Crippen LogP contribution in [0.2, 0.25) is 4.34 Å². The van der Waals surface area contributed by atoms with Crippen LogP contribution in [-0.2, 0) is 0 Å². The number of amides is 1. The van der Waals surface area contributed by atoms with Gasteiger partial charge in [-0.05, 0) is 24.3 Å². The fourth-order valence-electron chi connectivity index (χ4n) is 2.01.